The maximum absolute atomic E-state index is 11.4. The first-order valence-electron chi connectivity index (χ1n) is 6.20. The number of aliphatic carboxylic acids is 2. The van der Waals surface area contributed by atoms with Gasteiger partial charge in [-0.3, -0.25) is 0 Å². The van der Waals surface area contributed by atoms with Crippen molar-refractivity contribution >= 4 is 29.7 Å². The van der Waals surface area contributed by atoms with E-state index in [-0.39, 0.29) is 6.42 Å². The van der Waals surface area contributed by atoms with E-state index in [0.29, 0.717) is 5.75 Å². The van der Waals surface area contributed by atoms with Gasteiger partial charge in [-0.15, -0.1) is 0 Å². The van der Waals surface area contributed by atoms with Crippen molar-refractivity contribution in [3.63, 3.8) is 0 Å². The van der Waals surface area contributed by atoms with Gasteiger partial charge in [0.05, 0.1) is 0 Å². The Bertz CT molecular complexity index is 354. The zero-order valence-corrected chi connectivity index (χ0v) is 12.3. The number of carboxylic acid groups (broad SMARTS) is 2. The zero-order valence-electron chi connectivity index (χ0n) is 11.5. The highest BCUT2D eigenvalue weighted by atomic mass is 32.2. The molecule has 0 saturated carbocycles. The van der Waals surface area contributed by atoms with E-state index in [1.165, 1.54) is 11.8 Å². The summed E-state index contributed by atoms with van der Waals surface area (Å²) in [7, 11) is 0. The predicted molar refractivity (Wildman–Crippen MR) is 72.6 cm³/mol. The van der Waals surface area contributed by atoms with Gasteiger partial charge in [0.15, 0.2) is 6.10 Å². The number of thioether (sulfide) groups is 1. The molecule has 2 unspecified atom stereocenters. The monoisotopic (exact) mass is 308 g/mol. The molecule has 0 aliphatic rings. The van der Waals surface area contributed by atoms with Crippen molar-refractivity contribution in [2.45, 2.75) is 44.8 Å². The first-order chi connectivity index (χ1) is 9.23. The van der Waals surface area contributed by atoms with Crippen LogP contribution in [0, 0.1) is 0 Å². The Labute approximate surface area is 121 Å². The Kier molecular flexibility index (Phi) is 8.24. The van der Waals surface area contributed by atoms with E-state index in [1.807, 2.05) is 6.92 Å². The molecule has 0 aliphatic carbocycles. The number of unbranched alkanes of at least 4 members (excludes halogenated alkanes) is 1. The van der Waals surface area contributed by atoms with Gasteiger partial charge in [-0.05, 0) is 24.9 Å². The molecule has 0 amide bonds. The van der Waals surface area contributed by atoms with Gasteiger partial charge in [-0.25, -0.2) is 14.4 Å². The van der Waals surface area contributed by atoms with Crippen molar-refractivity contribution in [2.75, 3.05) is 11.5 Å². The molecule has 0 aliphatic heterocycles. The molecular formula is C12H20O7S. The van der Waals surface area contributed by atoms with Crippen LogP contribution in [0.15, 0.2) is 0 Å². The predicted octanol–water partition coefficient (Wildman–Crippen LogP) is 0.742. The van der Waals surface area contributed by atoms with Gasteiger partial charge >= 0.3 is 17.9 Å². The Balaban J connectivity index is 4.38. The summed E-state index contributed by atoms with van der Waals surface area (Å²) < 4.78 is 4.56. The number of esters is 1. The van der Waals surface area contributed by atoms with Crippen molar-refractivity contribution in [1.29, 1.82) is 0 Å². The minimum atomic E-state index is -2.75. The molecular weight excluding hydrogens is 288 g/mol. The smallest absolute Gasteiger partial charge is 0.350 e. The molecule has 0 aromatic heterocycles. The zero-order chi connectivity index (χ0) is 15.8. The topological polar surface area (TPSA) is 121 Å². The van der Waals surface area contributed by atoms with Gasteiger partial charge in [-0.2, -0.15) is 11.8 Å². The molecule has 0 spiro atoms. The molecule has 0 saturated heterocycles. The summed E-state index contributed by atoms with van der Waals surface area (Å²) in [5.41, 5.74) is -2.75. The third-order valence-corrected chi connectivity index (χ3v) is 3.61. The quantitative estimate of drug-likeness (QED) is 0.307. The van der Waals surface area contributed by atoms with E-state index in [1.54, 1.807) is 0 Å². The molecule has 8 heteroatoms. The van der Waals surface area contributed by atoms with Crippen LogP contribution in [0.1, 0.15) is 33.1 Å². The average molecular weight is 308 g/mol. The van der Waals surface area contributed by atoms with Crippen LogP contribution in [0.2, 0.25) is 0 Å². The molecule has 3 N–H and O–H groups in total. The molecule has 0 fully saturated rings. The summed E-state index contributed by atoms with van der Waals surface area (Å²) in [5.74, 6) is -3.28. The summed E-state index contributed by atoms with van der Waals surface area (Å²) in [6.45, 7) is 2.78. The highest BCUT2D eigenvalue weighted by Gasteiger charge is 2.42. The van der Waals surface area contributed by atoms with Crippen LogP contribution in [-0.4, -0.2) is 56.4 Å². The lowest BCUT2D eigenvalue weighted by atomic mass is 10.1. The first kappa shape index (κ1) is 18.7. The second kappa shape index (κ2) is 8.80. The van der Waals surface area contributed by atoms with Gasteiger partial charge in [0, 0.05) is 6.42 Å². The van der Waals surface area contributed by atoms with Crippen molar-refractivity contribution in [3.05, 3.63) is 0 Å². The standard InChI is InChI=1S/C12H20O7S/c1-3-4-6-20-7-5-8(9(13)14)19-11(17)12(2,18)10(15)16/h8,18H,3-7H2,1-2H3,(H,13,14)(H,15,16). The van der Waals surface area contributed by atoms with Gasteiger partial charge in [0.1, 0.15) is 0 Å². The van der Waals surface area contributed by atoms with E-state index >= 15 is 0 Å². The fraction of sp³-hybridized carbons (Fsp3) is 0.750. The van der Waals surface area contributed by atoms with Gasteiger partial charge < -0.3 is 20.1 Å². The fourth-order valence-corrected chi connectivity index (χ4v) is 2.18. The number of carbonyl (C=O) groups excluding carboxylic acids is 1. The largest absolute Gasteiger partial charge is 0.479 e. The van der Waals surface area contributed by atoms with Crippen molar-refractivity contribution in [3.8, 4) is 0 Å². The Morgan fingerprint density at radius 2 is 1.85 bits per heavy atom. The molecule has 0 bridgehead atoms. The van der Waals surface area contributed by atoms with Crippen LogP contribution >= 0.6 is 11.8 Å². The summed E-state index contributed by atoms with van der Waals surface area (Å²) >= 11 is 1.53. The number of rotatable bonds is 10. The van der Waals surface area contributed by atoms with E-state index in [0.717, 1.165) is 25.5 Å². The second-order valence-electron chi connectivity index (χ2n) is 4.36. The minimum absolute atomic E-state index is 0.0607. The molecule has 2 atom stereocenters. The molecule has 0 heterocycles. The fourth-order valence-electron chi connectivity index (χ4n) is 1.10. The molecule has 7 nitrogen and oxygen atoms in total. The highest BCUT2D eigenvalue weighted by Crippen LogP contribution is 2.14. The maximum Gasteiger partial charge on any atom is 0.350 e. The number of hydrogen-bond donors (Lipinski definition) is 3. The summed E-state index contributed by atoms with van der Waals surface area (Å²) in [6.07, 6.45) is 0.648. The normalized spacial score (nSPS) is 15.2. The molecule has 0 rings (SSSR count). The molecule has 0 aromatic carbocycles. The molecule has 116 valence electrons. The minimum Gasteiger partial charge on any atom is -0.479 e. The maximum atomic E-state index is 11.4. The van der Waals surface area contributed by atoms with E-state index in [4.69, 9.17) is 10.2 Å². The Morgan fingerprint density at radius 3 is 2.30 bits per heavy atom. The van der Waals surface area contributed by atoms with Crippen molar-refractivity contribution < 1.29 is 34.4 Å². The summed E-state index contributed by atoms with van der Waals surface area (Å²) in [4.78, 5) is 33.0. The van der Waals surface area contributed by atoms with Gasteiger partial charge in [0.2, 0.25) is 0 Å². The SMILES string of the molecule is CCCCSCCC(OC(=O)C(C)(O)C(=O)O)C(=O)O. The van der Waals surface area contributed by atoms with Crippen LogP contribution in [0.5, 0.6) is 0 Å². The van der Waals surface area contributed by atoms with Crippen molar-refractivity contribution in [2.24, 2.45) is 0 Å². The van der Waals surface area contributed by atoms with Crippen LogP contribution in [0.3, 0.4) is 0 Å². The van der Waals surface area contributed by atoms with E-state index in [9.17, 15) is 19.5 Å². The third-order valence-electron chi connectivity index (χ3n) is 2.51. The lowest BCUT2D eigenvalue weighted by Gasteiger charge is -2.20. The highest BCUT2D eigenvalue weighted by molar-refractivity contribution is 7.99. The number of ether oxygens (including phenoxy) is 1. The Morgan fingerprint density at radius 1 is 1.25 bits per heavy atom. The number of hydrogen-bond acceptors (Lipinski definition) is 6. The third kappa shape index (κ3) is 6.25. The summed E-state index contributed by atoms with van der Waals surface area (Å²) in [6, 6.07) is 0. The number of carboxylic acids is 2. The van der Waals surface area contributed by atoms with Crippen LogP contribution in [0.4, 0.5) is 0 Å². The number of carbonyl (C=O) groups is 3. The number of aliphatic hydroxyl groups is 1. The van der Waals surface area contributed by atoms with Crippen molar-refractivity contribution in [1.82, 2.24) is 0 Å². The van der Waals surface area contributed by atoms with Gasteiger partial charge in [-0.1, -0.05) is 13.3 Å². The summed E-state index contributed by atoms with van der Waals surface area (Å²) in [5, 5.41) is 26.9. The van der Waals surface area contributed by atoms with Gasteiger partial charge in [0.25, 0.3) is 5.60 Å². The first-order valence-corrected chi connectivity index (χ1v) is 7.36. The van der Waals surface area contributed by atoms with Crippen LogP contribution in [-0.2, 0) is 19.1 Å². The van der Waals surface area contributed by atoms with Crippen LogP contribution < -0.4 is 0 Å². The average Bonchev–Trinajstić information content (AvgIpc) is 2.36. The lowest BCUT2D eigenvalue weighted by molar-refractivity contribution is -0.185. The molecule has 20 heavy (non-hydrogen) atoms. The van der Waals surface area contributed by atoms with Crippen LogP contribution in [0.25, 0.3) is 0 Å². The van der Waals surface area contributed by atoms with E-state index < -0.39 is 29.6 Å². The lowest BCUT2D eigenvalue weighted by Crippen LogP contribution is -2.47. The second-order valence-corrected chi connectivity index (χ2v) is 5.59. The molecule has 0 radical (unpaired) electrons. The van der Waals surface area contributed by atoms with E-state index in [2.05, 4.69) is 4.74 Å². The molecule has 0 aromatic rings. The Hall–Kier alpha value is -1.28.